The Hall–Kier alpha value is -1.36. The number of aryl methyl sites for hydroxylation is 1. The third kappa shape index (κ3) is 2.20. The third-order valence-corrected chi connectivity index (χ3v) is 3.43. The van der Waals surface area contributed by atoms with Gasteiger partial charge >= 0.3 is 0 Å². The fraction of sp³-hybridized carbons (Fsp3) is 0.667. The van der Waals surface area contributed by atoms with Crippen LogP contribution in [0.2, 0.25) is 0 Å². The van der Waals surface area contributed by atoms with Crippen molar-refractivity contribution in [3.8, 4) is 0 Å². The zero-order chi connectivity index (χ0) is 12.4. The fourth-order valence-corrected chi connectivity index (χ4v) is 2.32. The van der Waals surface area contributed by atoms with Crippen molar-refractivity contribution in [1.29, 1.82) is 0 Å². The van der Waals surface area contributed by atoms with E-state index >= 15 is 0 Å². The van der Waals surface area contributed by atoms with Gasteiger partial charge in [0.15, 0.2) is 5.69 Å². The van der Waals surface area contributed by atoms with Crippen LogP contribution in [0.4, 0.5) is 0 Å². The number of carbonyl (C=O) groups is 1. The van der Waals surface area contributed by atoms with Crippen LogP contribution < -0.4 is 0 Å². The summed E-state index contributed by atoms with van der Waals surface area (Å²) in [4.78, 5) is 14.2. The molecule has 2 N–H and O–H groups in total. The summed E-state index contributed by atoms with van der Waals surface area (Å²) in [7, 11) is 1.85. The smallest absolute Gasteiger partial charge is 0.274 e. The molecule has 0 atom stereocenters. The second-order valence-corrected chi connectivity index (χ2v) is 4.54. The van der Waals surface area contributed by atoms with Crippen LogP contribution in [0.3, 0.4) is 0 Å². The first-order valence-corrected chi connectivity index (χ1v) is 6.11. The van der Waals surface area contributed by atoms with E-state index in [0.29, 0.717) is 18.7 Å². The maximum Gasteiger partial charge on any atom is 0.274 e. The second kappa shape index (κ2) is 4.87. The number of carbonyl (C=O) groups excluding carboxylic acids is 1. The molecule has 2 heterocycles. The van der Waals surface area contributed by atoms with E-state index in [4.69, 9.17) is 5.11 Å². The average molecular weight is 238 g/mol. The minimum absolute atomic E-state index is 0.0367. The quantitative estimate of drug-likeness (QED) is 0.708. The maximum atomic E-state index is 12.3. The molecule has 5 heteroatoms. The molecule has 0 aliphatic carbocycles. The Morgan fingerprint density at radius 2 is 2.06 bits per heavy atom. The molecule has 1 fully saturated rings. The van der Waals surface area contributed by atoms with Crippen molar-refractivity contribution in [2.24, 2.45) is 7.05 Å². The van der Waals surface area contributed by atoms with E-state index in [-0.39, 0.29) is 5.91 Å². The van der Waals surface area contributed by atoms with Crippen LogP contribution in [-0.2, 0) is 13.5 Å². The first-order valence-electron chi connectivity index (χ1n) is 6.11. The molecule has 1 aromatic heterocycles. The highest BCUT2D eigenvalue weighted by atomic mass is 16.3. The number of hydrogen-bond acceptors (Lipinski definition) is 2. The first-order chi connectivity index (χ1) is 8.15. The van der Waals surface area contributed by atoms with E-state index in [1.807, 2.05) is 18.9 Å². The Labute approximate surface area is 101 Å². The lowest BCUT2D eigenvalue weighted by molar-refractivity contribution is 0.0785. The summed E-state index contributed by atoms with van der Waals surface area (Å²) in [5.74, 6) is 0.0367. The Morgan fingerprint density at radius 1 is 1.41 bits per heavy atom. The summed E-state index contributed by atoms with van der Waals surface area (Å²) in [6, 6.07) is 0. The molecule has 0 unspecified atom stereocenters. The normalized spacial score (nSPS) is 15.6. The average Bonchev–Trinajstić information content (AvgIpc) is 2.92. The van der Waals surface area contributed by atoms with Gasteiger partial charge in [0, 0.05) is 37.8 Å². The summed E-state index contributed by atoms with van der Waals surface area (Å²) < 4.78 is 1.74. The molecule has 5 nitrogen and oxygen atoms in total. The number of nitrogens with zero attached hydrogens (tertiary/aromatic N) is 3. The van der Waals surface area contributed by atoms with Crippen molar-refractivity contribution in [2.45, 2.75) is 26.2 Å². The molecular weight excluding hydrogens is 218 g/mol. The van der Waals surface area contributed by atoms with E-state index in [1.54, 1.807) is 4.68 Å². The van der Waals surface area contributed by atoms with Crippen molar-refractivity contribution in [3.05, 3.63) is 17.0 Å². The lowest BCUT2D eigenvalue weighted by Gasteiger charge is -2.14. The number of rotatable bonds is 3. The van der Waals surface area contributed by atoms with Crippen molar-refractivity contribution >= 4 is 5.91 Å². The summed E-state index contributed by atoms with van der Waals surface area (Å²) in [5.41, 5.74) is 2.50. The second-order valence-electron chi connectivity index (χ2n) is 4.54. The van der Waals surface area contributed by atoms with E-state index in [9.17, 15) is 4.79 Å². The molecule has 17 heavy (non-hydrogen) atoms. The van der Waals surface area contributed by atoms with Gasteiger partial charge in [0.05, 0.1) is 0 Å². The van der Waals surface area contributed by atoms with Gasteiger partial charge in [0.25, 0.3) is 5.91 Å². The molecule has 0 saturated carbocycles. The molecule has 0 spiro atoms. The fourth-order valence-electron chi connectivity index (χ4n) is 2.32. The number of amides is 1. The molecule has 0 radical (unpaired) electrons. The Bertz CT molecular complexity index is 420. The first kappa shape index (κ1) is 12.1. The minimum atomic E-state index is 0.0367. The minimum Gasteiger partial charge on any atom is -0.445 e. The monoisotopic (exact) mass is 238 g/mol. The molecular formula is C12H20N3O2+. The highest BCUT2D eigenvalue weighted by Crippen LogP contribution is 2.18. The topological polar surface area (TPSA) is 61.0 Å². The standard InChI is InChI=1S/C12H19N3O2/c1-9-10(5-8-16)11(13-14(9)2)12(17)15-6-3-4-7-15/h16H,3-8H2,1-2H3/p+1. The summed E-state index contributed by atoms with van der Waals surface area (Å²) in [6.45, 7) is 3.94. The van der Waals surface area contributed by atoms with Crippen LogP contribution in [0.1, 0.15) is 34.6 Å². The number of hydrogen-bond donors (Lipinski definition) is 0. The molecule has 1 aliphatic rings. The predicted octanol–water partition coefficient (Wildman–Crippen LogP) is 0.232. The van der Waals surface area contributed by atoms with E-state index < -0.39 is 0 Å². The molecule has 94 valence electrons. The number of aromatic nitrogens is 2. The maximum absolute atomic E-state index is 12.3. The van der Waals surface area contributed by atoms with E-state index in [1.165, 1.54) is 0 Å². The SMILES string of the molecule is Cc1c(CC[OH2+])c(C(=O)N2CCCC2)nn1C. The van der Waals surface area contributed by atoms with E-state index in [2.05, 4.69) is 5.10 Å². The zero-order valence-electron chi connectivity index (χ0n) is 10.5. The van der Waals surface area contributed by atoms with Gasteiger partial charge in [-0.15, -0.1) is 0 Å². The van der Waals surface area contributed by atoms with Gasteiger partial charge < -0.3 is 10.0 Å². The van der Waals surface area contributed by atoms with Gasteiger partial charge in [0.1, 0.15) is 6.61 Å². The van der Waals surface area contributed by atoms with Gasteiger partial charge in [-0.25, -0.2) is 0 Å². The van der Waals surface area contributed by atoms with Crippen molar-refractivity contribution in [1.82, 2.24) is 14.7 Å². The molecule has 1 aliphatic heterocycles. The molecule has 0 bridgehead atoms. The molecule has 1 amide bonds. The van der Waals surface area contributed by atoms with Gasteiger partial charge in [-0.05, 0) is 19.8 Å². The van der Waals surface area contributed by atoms with Crippen LogP contribution in [-0.4, -0.2) is 45.4 Å². The summed E-state index contributed by atoms with van der Waals surface area (Å²) in [5, 5.41) is 11.6. The van der Waals surface area contributed by atoms with Gasteiger partial charge in [-0.1, -0.05) is 0 Å². The summed E-state index contributed by atoms with van der Waals surface area (Å²) >= 11 is 0. The van der Waals surface area contributed by atoms with E-state index in [0.717, 1.165) is 37.2 Å². The Morgan fingerprint density at radius 3 is 2.65 bits per heavy atom. The lowest BCUT2D eigenvalue weighted by atomic mass is 10.1. The predicted molar refractivity (Wildman–Crippen MR) is 65.3 cm³/mol. The van der Waals surface area contributed by atoms with Crippen molar-refractivity contribution < 1.29 is 9.90 Å². The van der Waals surface area contributed by atoms with Crippen molar-refractivity contribution in [3.63, 3.8) is 0 Å². The molecule has 0 aromatic carbocycles. The Balaban J connectivity index is 2.30. The van der Waals surface area contributed by atoms with Crippen molar-refractivity contribution in [2.75, 3.05) is 19.7 Å². The lowest BCUT2D eigenvalue weighted by Crippen LogP contribution is -2.29. The molecule has 1 aromatic rings. The van der Waals surface area contributed by atoms with Crippen LogP contribution in [0, 0.1) is 6.92 Å². The van der Waals surface area contributed by atoms with Crippen LogP contribution >= 0.6 is 0 Å². The van der Waals surface area contributed by atoms with Gasteiger partial charge in [0.2, 0.25) is 0 Å². The van der Waals surface area contributed by atoms with Crippen LogP contribution in [0.15, 0.2) is 0 Å². The largest absolute Gasteiger partial charge is 0.445 e. The van der Waals surface area contributed by atoms with Crippen LogP contribution in [0.5, 0.6) is 0 Å². The summed E-state index contributed by atoms with van der Waals surface area (Å²) in [6.07, 6.45) is 2.78. The highest BCUT2D eigenvalue weighted by Gasteiger charge is 2.26. The molecule has 2 rings (SSSR count). The highest BCUT2D eigenvalue weighted by molar-refractivity contribution is 5.94. The third-order valence-electron chi connectivity index (χ3n) is 3.43. The number of likely N-dealkylation sites (tertiary alicyclic amines) is 1. The van der Waals surface area contributed by atoms with Gasteiger partial charge in [-0.2, -0.15) is 5.10 Å². The van der Waals surface area contributed by atoms with Crippen LogP contribution in [0.25, 0.3) is 0 Å². The molecule has 1 saturated heterocycles. The Kier molecular flexibility index (Phi) is 3.47. The zero-order valence-corrected chi connectivity index (χ0v) is 10.5. The van der Waals surface area contributed by atoms with Gasteiger partial charge in [-0.3, -0.25) is 9.48 Å².